The number of Topliss-reactive ketones (excluding diaryl/α,β-unsaturated/α-hetero) is 1. The first kappa shape index (κ1) is 17.3. The maximum Gasteiger partial charge on any atom is 0.257 e. The zero-order valence-electron chi connectivity index (χ0n) is 13.5. The number of hydrogen-bond acceptors (Lipinski definition) is 7. The van der Waals surface area contributed by atoms with Crippen LogP contribution in [0.4, 0.5) is 5.69 Å². The van der Waals surface area contributed by atoms with E-state index in [1.807, 2.05) is 13.0 Å². The minimum Gasteiger partial charge on any atom is -0.505 e. The first-order chi connectivity index (χ1) is 11.3. The minimum absolute atomic E-state index is 0.0462. The molecule has 0 fully saturated rings. The van der Waals surface area contributed by atoms with Crippen molar-refractivity contribution in [1.82, 2.24) is 10.2 Å². The molecule has 8 heteroatoms. The number of carbonyl (C=O) groups excluding carboxylic acids is 2. The van der Waals surface area contributed by atoms with Gasteiger partial charge in [0.1, 0.15) is 5.70 Å². The van der Waals surface area contributed by atoms with E-state index in [4.69, 9.17) is 5.26 Å². The normalized spacial score (nSPS) is 16.3. The summed E-state index contributed by atoms with van der Waals surface area (Å²) in [6.07, 6.45) is -1.24. The monoisotopic (exact) mass is 330 g/mol. The van der Waals surface area contributed by atoms with Crippen LogP contribution in [0, 0.1) is 11.3 Å². The molecular formula is C16H18N4O4. The summed E-state index contributed by atoms with van der Waals surface area (Å²) in [6, 6.07) is 4.51. The quantitative estimate of drug-likeness (QED) is 0.566. The molecule has 1 aromatic carbocycles. The number of anilines is 1. The molecule has 126 valence electrons. The van der Waals surface area contributed by atoms with E-state index in [9.17, 15) is 19.8 Å². The Morgan fingerprint density at radius 2 is 2.08 bits per heavy atom. The molecule has 0 spiro atoms. The summed E-state index contributed by atoms with van der Waals surface area (Å²) in [4.78, 5) is 25.2. The van der Waals surface area contributed by atoms with E-state index in [1.165, 1.54) is 31.1 Å². The second-order valence-corrected chi connectivity index (χ2v) is 5.44. The molecule has 0 radical (unpaired) electrons. The number of carbonyl (C=O) groups is 2. The van der Waals surface area contributed by atoms with Crippen LogP contribution in [0.1, 0.15) is 22.8 Å². The van der Waals surface area contributed by atoms with Crippen LogP contribution in [0.5, 0.6) is 5.75 Å². The molecule has 8 nitrogen and oxygen atoms in total. The number of phenolic OH excluding ortho intramolecular Hbond substituents is 1. The lowest BCUT2D eigenvalue weighted by Gasteiger charge is -2.29. The molecule has 0 aliphatic heterocycles. The molecule has 1 aliphatic carbocycles. The highest BCUT2D eigenvalue weighted by Crippen LogP contribution is 2.34. The average molecular weight is 330 g/mol. The van der Waals surface area contributed by atoms with Crippen molar-refractivity contribution in [2.75, 3.05) is 26.0 Å². The fraction of sp³-hybridized carbons (Fsp3) is 0.312. The predicted octanol–water partition coefficient (Wildman–Crippen LogP) is 0.142. The summed E-state index contributed by atoms with van der Waals surface area (Å²) in [6.45, 7) is 2.31. The van der Waals surface area contributed by atoms with Crippen molar-refractivity contribution in [2.24, 2.45) is 0 Å². The van der Waals surface area contributed by atoms with Gasteiger partial charge in [0.2, 0.25) is 5.78 Å². The number of amides is 1. The number of nitriles is 1. The number of rotatable bonds is 5. The van der Waals surface area contributed by atoms with E-state index in [1.54, 1.807) is 0 Å². The molecule has 0 bridgehead atoms. The Hall–Kier alpha value is -3.05. The molecule has 4 N–H and O–H groups in total. The van der Waals surface area contributed by atoms with Gasteiger partial charge in [-0.1, -0.05) is 0 Å². The van der Waals surface area contributed by atoms with E-state index < -0.39 is 17.8 Å². The third kappa shape index (κ3) is 2.89. The number of nitrogens with zero attached hydrogens (tertiary/aromatic N) is 2. The first-order valence-corrected chi connectivity index (χ1v) is 7.27. The largest absolute Gasteiger partial charge is 0.505 e. The van der Waals surface area contributed by atoms with Gasteiger partial charge in [-0.15, -0.1) is 0 Å². The number of aromatic hydroxyl groups is 1. The second kappa shape index (κ2) is 6.60. The van der Waals surface area contributed by atoms with Gasteiger partial charge in [0.05, 0.1) is 28.6 Å². The van der Waals surface area contributed by atoms with E-state index in [-0.39, 0.29) is 28.3 Å². The van der Waals surface area contributed by atoms with Gasteiger partial charge >= 0.3 is 0 Å². The van der Waals surface area contributed by atoms with E-state index in [2.05, 4.69) is 10.6 Å². The Kier molecular flexibility index (Phi) is 4.76. The van der Waals surface area contributed by atoms with Crippen molar-refractivity contribution in [3.63, 3.8) is 0 Å². The van der Waals surface area contributed by atoms with Gasteiger partial charge in [0, 0.05) is 20.6 Å². The van der Waals surface area contributed by atoms with Crippen LogP contribution in [0.2, 0.25) is 0 Å². The molecule has 1 atom stereocenters. The van der Waals surface area contributed by atoms with E-state index in [0.717, 1.165) is 0 Å². The fourth-order valence-electron chi connectivity index (χ4n) is 2.30. The summed E-state index contributed by atoms with van der Waals surface area (Å²) in [5.41, 5.74) is 0.547. The summed E-state index contributed by atoms with van der Waals surface area (Å²) < 4.78 is 0. The smallest absolute Gasteiger partial charge is 0.257 e. The first-order valence-electron chi connectivity index (χ1n) is 7.27. The zero-order chi connectivity index (χ0) is 18.0. The van der Waals surface area contributed by atoms with Gasteiger partial charge in [-0.3, -0.25) is 9.59 Å². The van der Waals surface area contributed by atoms with Crippen molar-refractivity contribution in [3.05, 3.63) is 34.7 Å². The number of hydrogen-bond donors (Lipinski definition) is 4. The molecule has 0 saturated carbocycles. The SMILES string of the molecule is CCNC1=C(Nc2cc(C#N)cc(C(=O)N(C)C)c2O)C(=O)C1O. The van der Waals surface area contributed by atoms with Crippen LogP contribution in [0.25, 0.3) is 0 Å². The molecular weight excluding hydrogens is 312 g/mol. The number of ketones is 1. The average Bonchev–Trinajstić information content (AvgIpc) is 2.58. The third-order valence-electron chi connectivity index (χ3n) is 3.54. The molecule has 2 rings (SSSR count). The topological polar surface area (TPSA) is 126 Å². The Balaban J connectivity index is 2.48. The Morgan fingerprint density at radius 1 is 1.42 bits per heavy atom. The van der Waals surface area contributed by atoms with Gasteiger partial charge < -0.3 is 25.7 Å². The lowest BCUT2D eigenvalue weighted by molar-refractivity contribution is -0.124. The predicted molar refractivity (Wildman–Crippen MR) is 86.2 cm³/mol. The van der Waals surface area contributed by atoms with Crippen molar-refractivity contribution < 1.29 is 19.8 Å². The third-order valence-corrected chi connectivity index (χ3v) is 3.54. The van der Waals surface area contributed by atoms with Crippen LogP contribution in [-0.2, 0) is 4.79 Å². The number of aliphatic hydroxyl groups excluding tert-OH is 1. The molecule has 0 saturated heterocycles. The number of aliphatic hydroxyl groups is 1. The molecule has 1 amide bonds. The van der Waals surface area contributed by atoms with Crippen LogP contribution < -0.4 is 10.6 Å². The highest BCUT2D eigenvalue weighted by atomic mass is 16.3. The number of phenols is 1. The zero-order valence-corrected chi connectivity index (χ0v) is 13.5. The molecule has 0 aromatic heterocycles. The number of benzene rings is 1. The molecule has 1 aliphatic rings. The highest BCUT2D eigenvalue weighted by molar-refractivity contribution is 6.11. The van der Waals surface area contributed by atoms with Crippen molar-refractivity contribution in [3.8, 4) is 11.8 Å². The summed E-state index contributed by atoms with van der Waals surface area (Å²) in [7, 11) is 3.04. The fourth-order valence-corrected chi connectivity index (χ4v) is 2.30. The number of likely N-dealkylation sites (N-methyl/N-ethyl adjacent to an activating group) is 1. The Morgan fingerprint density at radius 3 is 2.62 bits per heavy atom. The number of nitrogens with one attached hydrogen (secondary N) is 2. The van der Waals surface area contributed by atoms with Crippen molar-refractivity contribution in [1.29, 1.82) is 5.26 Å². The maximum atomic E-state index is 12.1. The highest BCUT2D eigenvalue weighted by Gasteiger charge is 2.38. The van der Waals surface area contributed by atoms with Crippen molar-refractivity contribution in [2.45, 2.75) is 13.0 Å². The summed E-state index contributed by atoms with van der Waals surface area (Å²) in [5.74, 6) is -1.38. The van der Waals surface area contributed by atoms with Crippen molar-refractivity contribution >= 4 is 17.4 Å². The molecule has 1 unspecified atom stereocenters. The Labute approximate surface area is 139 Å². The van der Waals surface area contributed by atoms with Gasteiger partial charge in [0.25, 0.3) is 5.91 Å². The van der Waals surface area contributed by atoms with Gasteiger partial charge in [-0.25, -0.2) is 0 Å². The maximum absolute atomic E-state index is 12.1. The summed E-state index contributed by atoms with van der Waals surface area (Å²) in [5, 5.41) is 34.7. The van der Waals surface area contributed by atoms with E-state index in [0.29, 0.717) is 12.2 Å². The lowest BCUT2D eigenvalue weighted by atomic mass is 9.94. The lowest BCUT2D eigenvalue weighted by Crippen LogP contribution is -2.45. The van der Waals surface area contributed by atoms with Gasteiger partial charge in [-0.2, -0.15) is 5.26 Å². The van der Waals surface area contributed by atoms with E-state index >= 15 is 0 Å². The standard InChI is InChI=1S/C16H18N4O4/c1-4-18-11-12(15(23)14(11)22)19-10-6-8(7-17)5-9(13(10)21)16(24)20(2)3/h5-6,14,18-19,21-22H,4H2,1-3H3. The van der Waals surface area contributed by atoms with Gasteiger partial charge in [-0.05, 0) is 19.1 Å². The van der Waals surface area contributed by atoms with Crippen LogP contribution in [-0.4, -0.2) is 53.5 Å². The Bertz CT molecular complexity index is 777. The molecule has 0 heterocycles. The van der Waals surface area contributed by atoms with Crippen LogP contribution in [0.15, 0.2) is 23.5 Å². The molecule has 1 aromatic rings. The minimum atomic E-state index is -1.24. The van der Waals surface area contributed by atoms with Crippen LogP contribution in [0.3, 0.4) is 0 Å². The van der Waals surface area contributed by atoms with Crippen LogP contribution >= 0.6 is 0 Å². The molecule has 24 heavy (non-hydrogen) atoms. The van der Waals surface area contributed by atoms with Gasteiger partial charge in [0.15, 0.2) is 11.9 Å². The second-order valence-electron chi connectivity index (χ2n) is 5.44. The summed E-state index contributed by atoms with van der Waals surface area (Å²) >= 11 is 0.